The van der Waals surface area contributed by atoms with Crippen LogP contribution in [0.2, 0.25) is 0 Å². The Kier molecular flexibility index (Phi) is 11.3. The van der Waals surface area contributed by atoms with Crippen LogP contribution >= 0.6 is 0 Å². The van der Waals surface area contributed by atoms with Crippen LogP contribution in [0.3, 0.4) is 0 Å². The van der Waals surface area contributed by atoms with Gasteiger partial charge in [0.2, 0.25) is 5.91 Å². The number of rotatable bonds is 7. The summed E-state index contributed by atoms with van der Waals surface area (Å²) in [6, 6.07) is 0. The van der Waals surface area contributed by atoms with Gasteiger partial charge in [-0.1, -0.05) is 0 Å². The highest BCUT2D eigenvalue weighted by atomic mass is 16.5. The smallest absolute Gasteiger partial charge is 0.336 e. The molecule has 44 heavy (non-hydrogen) atoms. The van der Waals surface area contributed by atoms with Crippen molar-refractivity contribution in [1.82, 2.24) is 37.6 Å². The van der Waals surface area contributed by atoms with Gasteiger partial charge in [-0.2, -0.15) is 0 Å². The number of aromatic nitrogens is 6. The number of hydrogen-bond donors (Lipinski definition) is 1. The second kappa shape index (κ2) is 15.1. The van der Waals surface area contributed by atoms with Crippen molar-refractivity contribution < 1.29 is 14.3 Å². The number of carbonyl (C=O) groups excluding carboxylic acids is 2. The number of ether oxygens (including phenoxy) is 1. The Hall–Kier alpha value is -4.06. The summed E-state index contributed by atoms with van der Waals surface area (Å²) in [5, 5.41) is 2.63. The average Bonchev–Trinajstić information content (AvgIpc) is 2.97. The predicted octanol–water partition coefficient (Wildman–Crippen LogP) is -4.15. The Bertz CT molecular complexity index is 1540. The molecule has 2 radical (unpaired) electrons. The van der Waals surface area contributed by atoms with E-state index in [1.165, 1.54) is 0 Å². The molecule has 0 saturated heterocycles. The Balaban J connectivity index is 1.72. The monoisotopic (exact) mass is 616 g/mol. The number of carbonyl (C=O) groups is 2. The lowest BCUT2D eigenvalue weighted by Crippen LogP contribution is -2.56. The van der Waals surface area contributed by atoms with Crippen molar-refractivity contribution in [3.05, 3.63) is 62.9 Å². The topological polar surface area (TPSA) is 191 Å². The van der Waals surface area contributed by atoms with Crippen molar-refractivity contribution >= 4 is 19.4 Å². The van der Waals surface area contributed by atoms with Crippen LogP contribution in [0.25, 0.3) is 0 Å². The minimum absolute atomic E-state index is 0.0597. The minimum Gasteiger partial charge on any atom is -0.365 e. The second-order valence-corrected chi connectivity index (χ2v) is 10.9. The fraction of sp³-hybridized carbons (Fsp3) is 0.692. The van der Waals surface area contributed by atoms with Crippen LogP contribution in [0.15, 0.2) is 28.8 Å². The van der Waals surface area contributed by atoms with E-state index in [9.17, 15) is 38.4 Å². The molecule has 0 aromatic carbocycles. The third-order valence-corrected chi connectivity index (χ3v) is 7.81. The maximum Gasteiger partial charge on any atom is 0.336 e. The molecule has 18 heteroatoms. The standard InChI is InChI=1S/C26H37BN8O9/c27-19(36)17-44-18-20(37)28-7-12-29-13-15-34-23(40)30-8-3-1-4-9-31-22(39)33(26(43)35(16-14-29)24(31)41)11-6-2-5-10-32(21(30)38)25(34)42/h1-18H2,(H,28,37). The van der Waals surface area contributed by atoms with E-state index in [-0.39, 0.29) is 65.4 Å². The molecule has 238 valence electrons. The molecule has 3 aliphatic rings. The first-order valence-electron chi connectivity index (χ1n) is 14.8. The van der Waals surface area contributed by atoms with Gasteiger partial charge in [-0.3, -0.25) is 9.69 Å². The fourth-order valence-corrected chi connectivity index (χ4v) is 5.41. The minimum atomic E-state index is -0.720. The van der Waals surface area contributed by atoms with E-state index in [1.807, 2.05) is 0 Å². The van der Waals surface area contributed by atoms with Gasteiger partial charge in [0.25, 0.3) is 0 Å². The first-order chi connectivity index (χ1) is 21.1. The molecule has 3 aliphatic heterocycles. The molecule has 5 rings (SSSR count). The van der Waals surface area contributed by atoms with Gasteiger partial charge < -0.3 is 14.8 Å². The Labute approximate surface area is 251 Å². The lowest BCUT2D eigenvalue weighted by atomic mass is 10.1. The highest BCUT2D eigenvalue weighted by molar-refractivity contribution is 6.58. The van der Waals surface area contributed by atoms with Crippen LogP contribution in [-0.2, 0) is 53.6 Å². The van der Waals surface area contributed by atoms with E-state index < -0.39 is 58.9 Å². The number of hydrogen-bond acceptors (Lipinski definition) is 10. The molecule has 0 unspecified atom stereocenters. The first kappa shape index (κ1) is 32.9. The molecule has 1 amide bonds. The molecule has 0 aliphatic carbocycles. The van der Waals surface area contributed by atoms with Gasteiger partial charge in [-0.25, -0.2) is 56.2 Å². The predicted molar refractivity (Wildman–Crippen MR) is 157 cm³/mol. The van der Waals surface area contributed by atoms with Crippen molar-refractivity contribution in [2.75, 3.05) is 39.4 Å². The van der Waals surface area contributed by atoms with Crippen LogP contribution in [0.5, 0.6) is 0 Å². The molecule has 17 nitrogen and oxygen atoms in total. The van der Waals surface area contributed by atoms with Gasteiger partial charge in [0, 0.05) is 65.4 Å². The van der Waals surface area contributed by atoms with Gasteiger partial charge in [0.1, 0.15) is 12.3 Å². The van der Waals surface area contributed by atoms with Gasteiger partial charge in [-0.15, -0.1) is 0 Å². The number of fused-ring (bicyclic) bond motifs is 12. The van der Waals surface area contributed by atoms with Gasteiger partial charge in [0.15, 0.2) is 7.85 Å². The molecule has 6 bridgehead atoms. The molecular formula is C26H37BN8O9. The van der Waals surface area contributed by atoms with E-state index in [4.69, 9.17) is 12.6 Å². The molecule has 5 heterocycles. The summed E-state index contributed by atoms with van der Waals surface area (Å²) in [5.74, 6) is -0.507. The van der Waals surface area contributed by atoms with E-state index in [0.29, 0.717) is 38.5 Å². The van der Waals surface area contributed by atoms with Crippen LogP contribution in [0, 0.1) is 0 Å². The summed E-state index contributed by atoms with van der Waals surface area (Å²) >= 11 is 0. The number of nitrogens with one attached hydrogen (secondary N) is 1. The maximum absolute atomic E-state index is 13.4. The molecule has 0 fully saturated rings. The van der Waals surface area contributed by atoms with Crippen LogP contribution < -0.4 is 39.5 Å². The van der Waals surface area contributed by atoms with E-state index in [1.54, 1.807) is 4.90 Å². The van der Waals surface area contributed by atoms with Crippen molar-refractivity contribution in [2.45, 2.75) is 77.8 Å². The quantitative estimate of drug-likeness (QED) is 0.299. The van der Waals surface area contributed by atoms with Gasteiger partial charge in [0.05, 0.1) is 6.61 Å². The van der Waals surface area contributed by atoms with Crippen molar-refractivity contribution in [3.63, 3.8) is 0 Å². The first-order valence-corrected chi connectivity index (χ1v) is 14.8. The lowest BCUT2D eigenvalue weighted by Gasteiger charge is -2.24. The summed E-state index contributed by atoms with van der Waals surface area (Å²) in [5.41, 5.74) is -4.95. The zero-order valence-corrected chi connectivity index (χ0v) is 24.6. The third kappa shape index (κ3) is 7.71. The van der Waals surface area contributed by atoms with Gasteiger partial charge in [-0.05, 0) is 38.5 Å². The molecule has 0 saturated carbocycles. The highest BCUT2D eigenvalue weighted by Gasteiger charge is 2.20. The molecule has 1 N–H and O–H groups in total. The molecule has 2 aromatic heterocycles. The second-order valence-electron chi connectivity index (χ2n) is 10.9. The zero-order valence-electron chi connectivity index (χ0n) is 24.6. The summed E-state index contributed by atoms with van der Waals surface area (Å²) in [4.78, 5) is 105. The van der Waals surface area contributed by atoms with Crippen LogP contribution in [0.1, 0.15) is 38.5 Å². The summed E-state index contributed by atoms with van der Waals surface area (Å²) in [6.45, 7) is -0.268. The number of nitrogens with zero attached hydrogens (tertiary/aromatic N) is 7. The van der Waals surface area contributed by atoms with Gasteiger partial charge >= 0.3 is 34.1 Å². The Morgan fingerprint density at radius 1 is 0.545 bits per heavy atom. The van der Waals surface area contributed by atoms with Crippen molar-refractivity contribution in [3.8, 4) is 0 Å². The molecule has 0 atom stereocenters. The maximum atomic E-state index is 13.4. The molecular weight excluding hydrogens is 579 g/mol. The molecule has 2 aromatic rings. The summed E-state index contributed by atoms with van der Waals surface area (Å²) in [6.07, 6.45) is 2.55. The van der Waals surface area contributed by atoms with Crippen molar-refractivity contribution in [2.24, 2.45) is 0 Å². The zero-order chi connectivity index (χ0) is 31.8. The van der Waals surface area contributed by atoms with E-state index >= 15 is 0 Å². The average molecular weight is 616 g/mol. The molecule has 0 spiro atoms. The van der Waals surface area contributed by atoms with Crippen LogP contribution in [0.4, 0.5) is 0 Å². The summed E-state index contributed by atoms with van der Waals surface area (Å²) < 4.78 is 11.2. The Morgan fingerprint density at radius 3 is 1.27 bits per heavy atom. The lowest BCUT2D eigenvalue weighted by molar-refractivity contribution is -0.127. The summed E-state index contributed by atoms with van der Waals surface area (Å²) in [7, 11) is 5.00. The van der Waals surface area contributed by atoms with Crippen LogP contribution in [-0.4, -0.2) is 91.1 Å². The third-order valence-electron chi connectivity index (χ3n) is 7.81. The fourth-order valence-electron chi connectivity index (χ4n) is 5.41. The van der Waals surface area contributed by atoms with E-state index in [0.717, 1.165) is 27.4 Å². The largest absolute Gasteiger partial charge is 0.365 e. The highest BCUT2D eigenvalue weighted by Crippen LogP contribution is 2.02. The Morgan fingerprint density at radius 2 is 0.909 bits per heavy atom. The number of amides is 1. The SMILES string of the molecule is [B]C(=O)COCC(=O)NCCN1CCn2c(=O)n3c(=O)n(c2=O)CCCCCn2c(=O)n(c(=O)n(c2=O)CC1)CCCCC3. The van der Waals surface area contributed by atoms with Crippen molar-refractivity contribution in [1.29, 1.82) is 0 Å². The van der Waals surface area contributed by atoms with E-state index in [2.05, 4.69) is 5.32 Å². The normalized spacial score (nSPS) is 16.5.